The quantitative estimate of drug-likeness (QED) is 0.795. The zero-order valence-electron chi connectivity index (χ0n) is 8.10. The molecule has 0 saturated heterocycles. The molecule has 0 aliphatic heterocycles. The fourth-order valence-corrected chi connectivity index (χ4v) is 1.36. The van der Waals surface area contributed by atoms with E-state index in [9.17, 15) is 0 Å². The Hall–Kier alpha value is -1.55. The third-order valence-corrected chi connectivity index (χ3v) is 2.17. The largest absolute Gasteiger partial charge is 0.463 e. The summed E-state index contributed by atoms with van der Waals surface area (Å²) in [6, 6.07) is 3.85. The first-order chi connectivity index (χ1) is 6.79. The lowest BCUT2D eigenvalue weighted by Crippen LogP contribution is -1.99. The Bertz CT molecular complexity index is 416. The molecule has 4 nitrogen and oxygen atoms in total. The molecule has 2 aromatic rings. The number of furan rings is 1. The highest BCUT2D eigenvalue weighted by atomic mass is 16.3. The Morgan fingerprint density at radius 2 is 2.21 bits per heavy atom. The van der Waals surface area contributed by atoms with Crippen LogP contribution in [0.5, 0.6) is 0 Å². The van der Waals surface area contributed by atoms with Crippen LogP contribution in [0.15, 0.2) is 28.9 Å². The van der Waals surface area contributed by atoms with E-state index in [1.807, 2.05) is 29.8 Å². The normalized spacial score (nSPS) is 10.7. The molecule has 2 rings (SSSR count). The molecule has 0 fully saturated rings. The first-order valence-corrected chi connectivity index (χ1v) is 4.55. The first kappa shape index (κ1) is 9.02. The molecule has 0 aliphatic carbocycles. The van der Waals surface area contributed by atoms with Crippen LogP contribution >= 0.6 is 0 Å². The second-order valence-corrected chi connectivity index (χ2v) is 3.17. The number of imidazole rings is 1. The molecule has 2 N–H and O–H groups in total. The van der Waals surface area contributed by atoms with E-state index in [1.165, 1.54) is 0 Å². The number of hydrogen-bond donors (Lipinski definition) is 1. The average Bonchev–Trinajstić information content (AvgIpc) is 2.77. The number of aromatic nitrogens is 2. The maximum atomic E-state index is 5.49. The van der Waals surface area contributed by atoms with Gasteiger partial charge in [-0.25, -0.2) is 4.98 Å². The van der Waals surface area contributed by atoms with Crippen molar-refractivity contribution in [2.45, 2.75) is 20.0 Å². The van der Waals surface area contributed by atoms with Gasteiger partial charge >= 0.3 is 0 Å². The molecular formula is C10H13N3O. The van der Waals surface area contributed by atoms with Crippen molar-refractivity contribution in [3.05, 3.63) is 41.9 Å². The van der Waals surface area contributed by atoms with Crippen LogP contribution in [0, 0.1) is 6.92 Å². The monoisotopic (exact) mass is 191 g/mol. The lowest BCUT2D eigenvalue weighted by molar-refractivity contribution is 0.453. The Labute approximate surface area is 82.4 Å². The van der Waals surface area contributed by atoms with Crippen LogP contribution in [0.4, 0.5) is 0 Å². The zero-order chi connectivity index (χ0) is 9.97. The SMILES string of the molecule is Cc1nccn1Cc1ccc(CN)o1. The number of aryl methyl sites for hydroxylation is 1. The van der Waals surface area contributed by atoms with Gasteiger partial charge in [0.05, 0.1) is 13.1 Å². The van der Waals surface area contributed by atoms with Gasteiger partial charge < -0.3 is 14.7 Å². The molecule has 0 unspecified atom stereocenters. The molecule has 74 valence electrons. The molecule has 0 amide bonds. The molecule has 0 aromatic carbocycles. The van der Waals surface area contributed by atoms with Gasteiger partial charge in [0.25, 0.3) is 0 Å². The highest BCUT2D eigenvalue weighted by molar-refractivity contribution is 5.08. The van der Waals surface area contributed by atoms with E-state index >= 15 is 0 Å². The molecule has 0 saturated carbocycles. The summed E-state index contributed by atoms with van der Waals surface area (Å²) < 4.78 is 7.51. The van der Waals surface area contributed by atoms with Crippen molar-refractivity contribution in [3.63, 3.8) is 0 Å². The van der Waals surface area contributed by atoms with Crippen LogP contribution in [0.25, 0.3) is 0 Å². The van der Waals surface area contributed by atoms with Gasteiger partial charge in [-0.05, 0) is 19.1 Å². The lowest BCUT2D eigenvalue weighted by Gasteiger charge is -2.01. The maximum absolute atomic E-state index is 5.49. The van der Waals surface area contributed by atoms with E-state index in [0.29, 0.717) is 13.1 Å². The van der Waals surface area contributed by atoms with Crippen molar-refractivity contribution >= 4 is 0 Å². The second-order valence-electron chi connectivity index (χ2n) is 3.17. The van der Waals surface area contributed by atoms with Gasteiger partial charge in [0.2, 0.25) is 0 Å². The summed E-state index contributed by atoms with van der Waals surface area (Å²) in [5, 5.41) is 0. The molecule has 4 heteroatoms. The Kier molecular flexibility index (Phi) is 2.37. The summed E-state index contributed by atoms with van der Waals surface area (Å²) in [5.41, 5.74) is 5.45. The molecule has 2 heterocycles. The van der Waals surface area contributed by atoms with Crippen molar-refractivity contribution in [1.29, 1.82) is 0 Å². The van der Waals surface area contributed by atoms with Crippen LogP contribution in [-0.2, 0) is 13.1 Å². The van der Waals surface area contributed by atoms with Gasteiger partial charge in [0.1, 0.15) is 17.3 Å². The summed E-state index contributed by atoms with van der Waals surface area (Å²) >= 11 is 0. The van der Waals surface area contributed by atoms with Crippen LogP contribution in [0.2, 0.25) is 0 Å². The topological polar surface area (TPSA) is 57.0 Å². The Balaban J connectivity index is 2.15. The predicted octanol–water partition coefficient (Wildman–Crippen LogP) is 1.29. The van der Waals surface area contributed by atoms with Crippen molar-refractivity contribution in [2.24, 2.45) is 5.73 Å². The van der Waals surface area contributed by atoms with Crippen LogP contribution < -0.4 is 5.73 Å². The molecule has 0 spiro atoms. The molecule has 2 aromatic heterocycles. The molecule has 0 radical (unpaired) electrons. The van der Waals surface area contributed by atoms with Crippen LogP contribution in [-0.4, -0.2) is 9.55 Å². The highest BCUT2D eigenvalue weighted by Crippen LogP contribution is 2.09. The van der Waals surface area contributed by atoms with Crippen LogP contribution in [0.1, 0.15) is 17.3 Å². The van der Waals surface area contributed by atoms with Crippen LogP contribution in [0.3, 0.4) is 0 Å². The predicted molar refractivity (Wildman–Crippen MR) is 52.7 cm³/mol. The molecule has 14 heavy (non-hydrogen) atoms. The molecular weight excluding hydrogens is 178 g/mol. The number of nitrogens with zero attached hydrogens (tertiary/aromatic N) is 2. The minimum absolute atomic E-state index is 0.447. The van der Waals surface area contributed by atoms with E-state index in [-0.39, 0.29) is 0 Å². The maximum Gasteiger partial charge on any atom is 0.123 e. The van der Waals surface area contributed by atoms with Gasteiger partial charge in [-0.15, -0.1) is 0 Å². The summed E-state index contributed by atoms with van der Waals surface area (Å²) in [7, 11) is 0. The number of rotatable bonds is 3. The van der Waals surface area contributed by atoms with E-state index in [1.54, 1.807) is 6.20 Å². The van der Waals surface area contributed by atoms with Gasteiger partial charge in [0, 0.05) is 12.4 Å². The summed E-state index contributed by atoms with van der Waals surface area (Å²) in [5.74, 6) is 2.71. The third kappa shape index (κ3) is 1.70. The van der Waals surface area contributed by atoms with Gasteiger partial charge in [-0.1, -0.05) is 0 Å². The number of nitrogens with two attached hydrogens (primary N) is 1. The van der Waals surface area contributed by atoms with Gasteiger partial charge in [0.15, 0.2) is 0 Å². The van der Waals surface area contributed by atoms with Crippen molar-refractivity contribution in [1.82, 2.24) is 9.55 Å². The minimum Gasteiger partial charge on any atom is -0.463 e. The molecule has 0 bridgehead atoms. The van der Waals surface area contributed by atoms with Gasteiger partial charge in [-0.2, -0.15) is 0 Å². The fraction of sp³-hybridized carbons (Fsp3) is 0.300. The smallest absolute Gasteiger partial charge is 0.123 e. The fourth-order valence-electron chi connectivity index (χ4n) is 1.36. The summed E-state index contributed by atoms with van der Waals surface area (Å²) in [4.78, 5) is 4.14. The third-order valence-electron chi connectivity index (χ3n) is 2.17. The highest BCUT2D eigenvalue weighted by Gasteiger charge is 2.02. The molecule has 0 atom stereocenters. The van der Waals surface area contributed by atoms with E-state index in [2.05, 4.69) is 4.98 Å². The zero-order valence-corrected chi connectivity index (χ0v) is 8.10. The minimum atomic E-state index is 0.447. The lowest BCUT2D eigenvalue weighted by atomic mass is 10.4. The average molecular weight is 191 g/mol. The second kappa shape index (κ2) is 3.67. The Morgan fingerprint density at radius 3 is 2.79 bits per heavy atom. The number of hydrogen-bond acceptors (Lipinski definition) is 3. The van der Waals surface area contributed by atoms with Crippen molar-refractivity contribution in [3.8, 4) is 0 Å². The first-order valence-electron chi connectivity index (χ1n) is 4.55. The summed E-state index contributed by atoms with van der Waals surface area (Å²) in [6.45, 7) is 3.13. The van der Waals surface area contributed by atoms with Crippen molar-refractivity contribution < 1.29 is 4.42 Å². The van der Waals surface area contributed by atoms with Crippen molar-refractivity contribution in [2.75, 3.05) is 0 Å². The standard InChI is InChI=1S/C10H13N3O/c1-8-12-4-5-13(8)7-10-3-2-9(6-11)14-10/h2-5H,6-7,11H2,1H3. The van der Waals surface area contributed by atoms with E-state index < -0.39 is 0 Å². The van der Waals surface area contributed by atoms with E-state index in [0.717, 1.165) is 17.3 Å². The summed E-state index contributed by atoms with van der Waals surface area (Å²) in [6.07, 6.45) is 3.71. The van der Waals surface area contributed by atoms with Gasteiger partial charge in [-0.3, -0.25) is 0 Å². The molecule has 0 aliphatic rings. The Morgan fingerprint density at radius 1 is 1.43 bits per heavy atom. The van der Waals surface area contributed by atoms with E-state index in [4.69, 9.17) is 10.2 Å².